The average Bonchev–Trinajstić information content (AvgIpc) is 2.24. The Morgan fingerprint density at radius 1 is 1.22 bits per heavy atom. The van der Waals surface area contributed by atoms with Crippen LogP contribution >= 0.6 is 0 Å². The maximum atomic E-state index is 11.8. The summed E-state index contributed by atoms with van der Waals surface area (Å²) in [6.07, 6.45) is 5.12. The van der Waals surface area contributed by atoms with Gasteiger partial charge >= 0.3 is 6.09 Å². The van der Waals surface area contributed by atoms with E-state index < -0.39 is 5.60 Å². The summed E-state index contributed by atoms with van der Waals surface area (Å²) in [4.78, 5) is 24.4. The van der Waals surface area contributed by atoms with E-state index in [1.54, 1.807) is 17.9 Å². The number of hydrogen-bond acceptors (Lipinski definition) is 3. The predicted molar refractivity (Wildman–Crippen MR) is 70.4 cm³/mol. The third kappa shape index (κ3) is 5.34. The Balaban J connectivity index is 2.39. The molecule has 1 saturated heterocycles. The topological polar surface area (TPSA) is 46.6 Å². The van der Waals surface area contributed by atoms with E-state index >= 15 is 0 Å². The van der Waals surface area contributed by atoms with Gasteiger partial charge in [0.05, 0.1) is 0 Å². The van der Waals surface area contributed by atoms with Crippen LogP contribution in [0.1, 0.15) is 40.5 Å². The minimum absolute atomic E-state index is 0.0737. The van der Waals surface area contributed by atoms with Crippen molar-refractivity contribution in [3.63, 3.8) is 0 Å². The Hall–Kier alpha value is -1.32. The van der Waals surface area contributed by atoms with E-state index in [9.17, 15) is 9.59 Å². The molecule has 0 N–H and O–H groups in total. The van der Waals surface area contributed by atoms with E-state index in [0.717, 1.165) is 12.8 Å². The van der Waals surface area contributed by atoms with Crippen LogP contribution in [0.5, 0.6) is 0 Å². The van der Waals surface area contributed by atoms with Crippen LogP contribution in [0.25, 0.3) is 0 Å². The zero-order valence-corrected chi connectivity index (χ0v) is 11.7. The summed E-state index contributed by atoms with van der Waals surface area (Å²) in [5.41, 5.74) is -0.442. The Morgan fingerprint density at radius 3 is 2.22 bits per heavy atom. The van der Waals surface area contributed by atoms with E-state index in [1.165, 1.54) is 0 Å². The Labute approximate surface area is 109 Å². The van der Waals surface area contributed by atoms with Gasteiger partial charge in [0.1, 0.15) is 5.60 Å². The van der Waals surface area contributed by atoms with Crippen molar-refractivity contribution in [2.45, 2.75) is 46.1 Å². The van der Waals surface area contributed by atoms with Crippen molar-refractivity contribution in [1.29, 1.82) is 0 Å². The molecule has 0 saturated carbocycles. The van der Waals surface area contributed by atoms with Crippen LogP contribution in [0.15, 0.2) is 12.2 Å². The van der Waals surface area contributed by atoms with Crippen molar-refractivity contribution >= 4 is 11.9 Å². The maximum Gasteiger partial charge on any atom is 0.410 e. The molecule has 0 aromatic carbocycles. The quantitative estimate of drug-likeness (QED) is 0.711. The Morgan fingerprint density at radius 2 is 1.78 bits per heavy atom. The molecule has 1 aliphatic rings. The largest absolute Gasteiger partial charge is 0.444 e. The molecule has 4 heteroatoms. The number of amides is 1. The number of allylic oxidation sites excluding steroid dienone is 2. The highest BCUT2D eigenvalue weighted by molar-refractivity contribution is 5.87. The predicted octanol–water partition coefficient (Wildman–Crippen LogP) is 2.78. The molecule has 0 spiro atoms. The second-order valence-corrected chi connectivity index (χ2v) is 5.77. The highest BCUT2D eigenvalue weighted by atomic mass is 16.6. The molecule has 1 heterocycles. The normalized spacial score (nSPS) is 18.1. The molecule has 0 radical (unpaired) electrons. The molecule has 1 rings (SSSR count). The molecular weight excluding hydrogens is 230 g/mol. The standard InChI is InChI=1S/C14H23NO3/c1-11(16)5-6-12-7-9-15(10-8-12)13(17)18-14(2,3)4/h5-6,12H,7-10H2,1-4H3/b6-5+. The number of carbonyl (C=O) groups excluding carboxylic acids is 2. The van der Waals surface area contributed by atoms with Crippen molar-refractivity contribution in [3.8, 4) is 0 Å². The van der Waals surface area contributed by atoms with Gasteiger partial charge in [0, 0.05) is 13.1 Å². The van der Waals surface area contributed by atoms with Crippen LogP contribution in [-0.2, 0) is 9.53 Å². The molecule has 4 nitrogen and oxygen atoms in total. The van der Waals surface area contributed by atoms with E-state index in [2.05, 4.69) is 0 Å². The maximum absolute atomic E-state index is 11.8. The van der Waals surface area contributed by atoms with Gasteiger partial charge in [-0.15, -0.1) is 0 Å². The van der Waals surface area contributed by atoms with Crippen LogP contribution in [0, 0.1) is 5.92 Å². The van der Waals surface area contributed by atoms with E-state index in [1.807, 2.05) is 26.8 Å². The second-order valence-electron chi connectivity index (χ2n) is 5.77. The van der Waals surface area contributed by atoms with Gasteiger partial charge in [0.25, 0.3) is 0 Å². The minimum atomic E-state index is -0.442. The van der Waals surface area contributed by atoms with Crippen LogP contribution in [0.3, 0.4) is 0 Å². The summed E-state index contributed by atoms with van der Waals surface area (Å²) in [6.45, 7) is 8.55. The van der Waals surface area contributed by atoms with Gasteiger partial charge in [-0.25, -0.2) is 4.79 Å². The molecule has 18 heavy (non-hydrogen) atoms. The summed E-state index contributed by atoms with van der Waals surface area (Å²) in [5, 5.41) is 0. The fraction of sp³-hybridized carbons (Fsp3) is 0.714. The third-order valence-corrected chi connectivity index (χ3v) is 2.79. The lowest BCUT2D eigenvalue weighted by Crippen LogP contribution is -2.41. The second kappa shape index (κ2) is 6.03. The van der Waals surface area contributed by atoms with Crippen molar-refractivity contribution in [2.75, 3.05) is 13.1 Å². The zero-order chi connectivity index (χ0) is 13.8. The summed E-state index contributed by atoms with van der Waals surface area (Å²) in [7, 11) is 0. The summed E-state index contributed by atoms with van der Waals surface area (Å²) in [5.74, 6) is 0.470. The van der Waals surface area contributed by atoms with Crippen LogP contribution in [-0.4, -0.2) is 35.5 Å². The first-order valence-corrected chi connectivity index (χ1v) is 6.44. The number of hydrogen-bond donors (Lipinski definition) is 0. The molecule has 1 fully saturated rings. The number of rotatable bonds is 2. The third-order valence-electron chi connectivity index (χ3n) is 2.79. The molecule has 1 amide bonds. The molecule has 0 aromatic rings. The first kappa shape index (κ1) is 14.7. The highest BCUT2D eigenvalue weighted by Gasteiger charge is 2.25. The monoisotopic (exact) mass is 253 g/mol. The van der Waals surface area contributed by atoms with Gasteiger partial charge in [-0.3, -0.25) is 4.79 Å². The summed E-state index contributed by atoms with van der Waals surface area (Å²) >= 11 is 0. The summed E-state index contributed by atoms with van der Waals surface area (Å²) in [6, 6.07) is 0. The molecule has 0 atom stereocenters. The first-order chi connectivity index (χ1) is 8.28. The lowest BCUT2D eigenvalue weighted by Gasteiger charge is -2.32. The van der Waals surface area contributed by atoms with Crippen LogP contribution < -0.4 is 0 Å². The lowest BCUT2D eigenvalue weighted by molar-refractivity contribution is -0.112. The van der Waals surface area contributed by atoms with Crippen LogP contribution in [0.2, 0.25) is 0 Å². The molecule has 0 unspecified atom stereocenters. The Bertz CT molecular complexity index is 333. The molecule has 0 aliphatic carbocycles. The number of piperidine rings is 1. The average molecular weight is 253 g/mol. The molecule has 0 aromatic heterocycles. The van der Waals surface area contributed by atoms with Crippen molar-refractivity contribution in [2.24, 2.45) is 5.92 Å². The smallest absolute Gasteiger partial charge is 0.410 e. The van der Waals surface area contributed by atoms with Gasteiger partial charge < -0.3 is 9.64 Å². The number of carbonyl (C=O) groups is 2. The van der Waals surface area contributed by atoms with Crippen LogP contribution in [0.4, 0.5) is 4.79 Å². The van der Waals surface area contributed by atoms with Gasteiger partial charge in [0.2, 0.25) is 0 Å². The molecular formula is C14H23NO3. The number of nitrogens with zero attached hydrogens (tertiary/aromatic N) is 1. The van der Waals surface area contributed by atoms with E-state index in [0.29, 0.717) is 19.0 Å². The first-order valence-electron chi connectivity index (χ1n) is 6.44. The van der Waals surface area contributed by atoms with Crippen molar-refractivity contribution in [1.82, 2.24) is 4.90 Å². The SMILES string of the molecule is CC(=O)/C=C/C1CCN(C(=O)OC(C)(C)C)CC1. The lowest BCUT2D eigenvalue weighted by atomic mass is 9.96. The number of ether oxygens (including phenoxy) is 1. The minimum Gasteiger partial charge on any atom is -0.444 e. The fourth-order valence-corrected chi connectivity index (χ4v) is 1.87. The molecule has 102 valence electrons. The summed E-state index contributed by atoms with van der Waals surface area (Å²) < 4.78 is 5.33. The molecule has 0 bridgehead atoms. The van der Waals surface area contributed by atoms with Crippen molar-refractivity contribution < 1.29 is 14.3 Å². The van der Waals surface area contributed by atoms with Gasteiger partial charge in [-0.2, -0.15) is 0 Å². The Kier molecular flexibility index (Phi) is 4.93. The highest BCUT2D eigenvalue weighted by Crippen LogP contribution is 2.20. The van der Waals surface area contributed by atoms with Gasteiger partial charge in [-0.05, 0) is 52.5 Å². The number of likely N-dealkylation sites (tertiary alicyclic amines) is 1. The fourth-order valence-electron chi connectivity index (χ4n) is 1.87. The van der Waals surface area contributed by atoms with Crippen molar-refractivity contribution in [3.05, 3.63) is 12.2 Å². The zero-order valence-electron chi connectivity index (χ0n) is 11.7. The van der Waals surface area contributed by atoms with E-state index in [-0.39, 0.29) is 11.9 Å². The van der Waals surface area contributed by atoms with Gasteiger partial charge in [0.15, 0.2) is 5.78 Å². The number of ketones is 1. The van der Waals surface area contributed by atoms with E-state index in [4.69, 9.17) is 4.74 Å². The molecule has 1 aliphatic heterocycles. The van der Waals surface area contributed by atoms with Gasteiger partial charge in [-0.1, -0.05) is 6.08 Å².